The number of nitrogens with one attached hydrogen (secondary N) is 2. The molecule has 4 rings (SSSR count). The molecule has 0 unspecified atom stereocenters. The van der Waals surface area contributed by atoms with Crippen LogP contribution in [0.5, 0.6) is 0 Å². The second-order valence-electron chi connectivity index (χ2n) is 8.47. The monoisotopic (exact) mass is 454 g/mol. The molecule has 0 aliphatic carbocycles. The first-order valence-electron chi connectivity index (χ1n) is 11.5. The number of hydrogen-bond acceptors (Lipinski definition) is 5. The van der Waals surface area contributed by atoms with Crippen molar-refractivity contribution in [3.8, 4) is 0 Å². The van der Waals surface area contributed by atoms with Crippen LogP contribution in [0.4, 0.5) is 20.6 Å². The van der Waals surface area contributed by atoms with Gasteiger partial charge in [0.15, 0.2) is 0 Å². The highest BCUT2D eigenvalue weighted by molar-refractivity contribution is 5.93. The lowest BCUT2D eigenvalue weighted by atomic mass is 10.0. The average Bonchev–Trinajstić information content (AvgIpc) is 2.79. The summed E-state index contributed by atoms with van der Waals surface area (Å²) in [6.07, 6.45) is 0. The van der Waals surface area contributed by atoms with Crippen LogP contribution in [-0.2, 0) is 13.1 Å². The lowest BCUT2D eigenvalue weighted by molar-refractivity contribution is 0.0950. The lowest BCUT2D eigenvalue weighted by Gasteiger charge is -2.37. The Balaban J connectivity index is 1.38. The number of carbonyl (C=O) groups excluding carboxylic acids is 2. The molecule has 9 heteroatoms. The third-order valence-corrected chi connectivity index (χ3v) is 6.26. The van der Waals surface area contributed by atoms with Crippen LogP contribution in [0.25, 0.3) is 0 Å². The summed E-state index contributed by atoms with van der Waals surface area (Å²) in [7, 11) is 0. The Labute approximate surface area is 193 Å². The molecule has 0 atom stereocenters. The van der Waals surface area contributed by atoms with Crippen LogP contribution in [0.15, 0.2) is 24.3 Å². The molecule has 2 aliphatic heterocycles. The largest absolute Gasteiger partial charge is 0.368 e. The lowest BCUT2D eigenvalue weighted by Crippen LogP contribution is -2.46. The van der Waals surface area contributed by atoms with Crippen molar-refractivity contribution in [1.29, 1.82) is 0 Å². The standard InChI is InChI=1S/C24H31FN6O2/c1-4-26-23(32)20-6-7-22(16(3)27-20)31-10-8-29(9-11-31)14-17-12-19(25)18-15-30(5-2)24(33)28-21(18)13-17/h6-7,12-13H,4-5,8-11,14-15H2,1-3H3,(H,26,32)(H,28,33). The second-order valence-corrected chi connectivity index (χ2v) is 8.47. The summed E-state index contributed by atoms with van der Waals surface area (Å²) in [4.78, 5) is 34.8. The molecule has 3 amide bonds. The van der Waals surface area contributed by atoms with Gasteiger partial charge in [-0.25, -0.2) is 14.2 Å². The summed E-state index contributed by atoms with van der Waals surface area (Å²) in [5.74, 6) is -0.429. The van der Waals surface area contributed by atoms with E-state index in [-0.39, 0.29) is 17.8 Å². The number of pyridine rings is 1. The van der Waals surface area contributed by atoms with E-state index < -0.39 is 0 Å². The first-order chi connectivity index (χ1) is 15.9. The first-order valence-corrected chi connectivity index (χ1v) is 11.5. The number of fused-ring (bicyclic) bond motifs is 1. The quantitative estimate of drug-likeness (QED) is 0.702. The molecule has 0 spiro atoms. The highest BCUT2D eigenvalue weighted by Gasteiger charge is 2.25. The number of urea groups is 1. The van der Waals surface area contributed by atoms with Crippen LogP contribution in [0.1, 0.15) is 41.2 Å². The van der Waals surface area contributed by atoms with E-state index in [1.165, 1.54) is 0 Å². The Bertz CT molecular complexity index is 1050. The Hall–Kier alpha value is -3.20. The minimum absolute atomic E-state index is 0.159. The number of rotatable bonds is 6. The van der Waals surface area contributed by atoms with Crippen molar-refractivity contribution in [3.63, 3.8) is 0 Å². The molecule has 8 nitrogen and oxygen atoms in total. The summed E-state index contributed by atoms with van der Waals surface area (Å²) in [6.45, 7) is 11.0. The zero-order valence-electron chi connectivity index (χ0n) is 19.4. The van der Waals surface area contributed by atoms with E-state index in [4.69, 9.17) is 0 Å². The highest BCUT2D eigenvalue weighted by atomic mass is 19.1. The molecular formula is C24H31FN6O2. The van der Waals surface area contributed by atoms with Gasteiger partial charge in [-0.15, -0.1) is 0 Å². The summed E-state index contributed by atoms with van der Waals surface area (Å²) in [5.41, 5.74) is 4.28. The van der Waals surface area contributed by atoms with Crippen LogP contribution in [0.2, 0.25) is 0 Å². The Morgan fingerprint density at radius 1 is 1.18 bits per heavy atom. The first kappa shape index (κ1) is 23.0. The van der Waals surface area contributed by atoms with E-state index in [9.17, 15) is 14.0 Å². The maximum atomic E-state index is 14.7. The fourth-order valence-corrected chi connectivity index (χ4v) is 4.44. The maximum Gasteiger partial charge on any atom is 0.322 e. The number of anilines is 2. The molecule has 1 aromatic carbocycles. The van der Waals surface area contributed by atoms with Crippen LogP contribution in [0, 0.1) is 12.7 Å². The molecule has 2 aliphatic rings. The fourth-order valence-electron chi connectivity index (χ4n) is 4.44. The molecule has 1 fully saturated rings. The van der Waals surface area contributed by atoms with Gasteiger partial charge in [-0.2, -0.15) is 0 Å². The van der Waals surface area contributed by atoms with E-state index in [1.54, 1.807) is 17.0 Å². The van der Waals surface area contributed by atoms with Crippen LogP contribution in [0.3, 0.4) is 0 Å². The Morgan fingerprint density at radius 2 is 1.94 bits per heavy atom. The molecule has 0 radical (unpaired) electrons. The third-order valence-electron chi connectivity index (χ3n) is 6.26. The van der Waals surface area contributed by atoms with Crippen molar-refractivity contribution in [3.05, 3.63) is 52.6 Å². The predicted molar refractivity (Wildman–Crippen MR) is 126 cm³/mol. The van der Waals surface area contributed by atoms with Crippen molar-refractivity contribution >= 4 is 23.3 Å². The number of amides is 3. The second kappa shape index (κ2) is 9.74. The molecule has 176 valence electrons. The molecule has 2 aromatic rings. The third kappa shape index (κ3) is 4.93. The van der Waals surface area contributed by atoms with Gasteiger partial charge >= 0.3 is 6.03 Å². The van der Waals surface area contributed by atoms with E-state index in [1.807, 2.05) is 32.9 Å². The molecule has 1 aromatic heterocycles. The summed E-state index contributed by atoms with van der Waals surface area (Å²) in [6, 6.07) is 7.03. The SMILES string of the molecule is CCNC(=O)c1ccc(N2CCN(Cc3cc(F)c4c(c3)NC(=O)N(CC)C4)CC2)c(C)n1. The van der Waals surface area contributed by atoms with Gasteiger partial charge in [0.25, 0.3) is 5.91 Å². The molecular weight excluding hydrogens is 423 g/mol. The van der Waals surface area contributed by atoms with Gasteiger partial charge in [0.05, 0.1) is 23.6 Å². The van der Waals surface area contributed by atoms with Crippen molar-refractivity contribution in [2.24, 2.45) is 0 Å². The average molecular weight is 455 g/mol. The van der Waals surface area contributed by atoms with Gasteiger partial charge in [-0.1, -0.05) is 0 Å². The Kier molecular flexibility index (Phi) is 6.78. The van der Waals surface area contributed by atoms with E-state index in [2.05, 4.69) is 25.4 Å². The molecule has 0 saturated carbocycles. The molecule has 0 bridgehead atoms. The van der Waals surface area contributed by atoms with Crippen LogP contribution >= 0.6 is 0 Å². The summed E-state index contributed by atoms with van der Waals surface area (Å²) >= 11 is 0. The van der Waals surface area contributed by atoms with Crippen molar-refractivity contribution in [2.45, 2.75) is 33.9 Å². The van der Waals surface area contributed by atoms with Gasteiger partial charge in [-0.3, -0.25) is 9.69 Å². The minimum atomic E-state index is -0.270. The van der Waals surface area contributed by atoms with E-state index in [0.29, 0.717) is 43.1 Å². The van der Waals surface area contributed by atoms with E-state index in [0.717, 1.165) is 43.1 Å². The normalized spacial score (nSPS) is 16.4. The molecule has 33 heavy (non-hydrogen) atoms. The Morgan fingerprint density at radius 3 is 2.61 bits per heavy atom. The number of hydrogen-bond donors (Lipinski definition) is 2. The number of aromatic nitrogens is 1. The van der Waals surface area contributed by atoms with Crippen molar-refractivity contribution in [1.82, 2.24) is 20.1 Å². The van der Waals surface area contributed by atoms with Gasteiger partial charge in [0.2, 0.25) is 0 Å². The highest BCUT2D eigenvalue weighted by Crippen LogP contribution is 2.28. The zero-order valence-corrected chi connectivity index (χ0v) is 19.4. The van der Waals surface area contributed by atoms with Gasteiger partial charge < -0.3 is 20.4 Å². The fraction of sp³-hybridized carbons (Fsp3) is 0.458. The number of piperazine rings is 1. The summed E-state index contributed by atoms with van der Waals surface area (Å²) in [5, 5.41) is 5.59. The van der Waals surface area contributed by atoms with Crippen LogP contribution in [-0.4, -0.2) is 66.0 Å². The molecule has 1 saturated heterocycles. The summed E-state index contributed by atoms with van der Waals surface area (Å²) < 4.78 is 14.7. The van der Waals surface area contributed by atoms with Gasteiger partial charge in [0.1, 0.15) is 11.5 Å². The topological polar surface area (TPSA) is 80.8 Å². The molecule has 3 heterocycles. The smallest absolute Gasteiger partial charge is 0.322 e. The number of carbonyl (C=O) groups is 2. The van der Waals surface area contributed by atoms with E-state index >= 15 is 0 Å². The maximum absolute atomic E-state index is 14.7. The number of benzene rings is 1. The predicted octanol–water partition coefficient (Wildman–Crippen LogP) is 2.97. The van der Waals surface area contributed by atoms with Crippen LogP contribution < -0.4 is 15.5 Å². The zero-order chi connectivity index (χ0) is 23.5. The minimum Gasteiger partial charge on any atom is -0.368 e. The number of aryl methyl sites for hydroxylation is 1. The molecule has 2 N–H and O–H groups in total. The van der Waals surface area contributed by atoms with Gasteiger partial charge in [0, 0.05) is 51.4 Å². The van der Waals surface area contributed by atoms with Crippen molar-refractivity contribution < 1.29 is 14.0 Å². The van der Waals surface area contributed by atoms with Gasteiger partial charge in [-0.05, 0) is 50.6 Å². The number of halogens is 1. The van der Waals surface area contributed by atoms with Crippen molar-refractivity contribution in [2.75, 3.05) is 49.5 Å². The number of nitrogens with zero attached hydrogens (tertiary/aromatic N) is 4.